The van der Waals surface area contributed by atoms with Crippen LogP contribution in [0, 0.1) is 11.8 Å². The van der Waals surface area contributed by atoms with E-state index in [2.05, 4.69) is 26.0 Å². The van der Waals surface area contributed by atoms with Gasteiger partial charge in [-0.25, -0.2) is 13.8 Å². The summed E-state index contributed by atoms with van der Waals surface area (Å²) in [7, 11) is 1.68. The molecule has 1 aliphatic heterocycles. The van der Waals surface area contributed by atoms with E-state index in [0.29, 0.717) is 42.4 Å². The highest BCUT2D eigenvalue weighted by Gasteiger charge is 2.55. The van der Waals surface area contributed by atoms with Gasteiger partial charge in [-0.15, -0.1) is 0 Å². The van der Waals surface area contributed by atoms with E-state index < -0.39 is 17.9 Å². The van der Waals surface area contributed by atoms with Gasteiger partial charge in [-0.05, 0) is 18.6 Å². The maximum absolute atomic E-state index is 13.6. The number of nitrogens with one attached hydrogen (secondary N) is 3. The van der Waals surface area contributed by atoms with E-state index in [-0.39, 0.29) is 35.7 Å². The number of aromatic nitrogens is 4. The molecule has 1 saturated heterocycles. The minimum absolute atomic E-state index is 0.0686. The lowest BCUT2D eigenvalue weighted by molar-refractivity contribution is -0.102. The second-order valence-corrected chi connectivity index (χ2v) is 9.01. The van der Waals surface area contributed by atoms with Gasteiger partial charge in [0.05, 0.1) is 25.5 Å². The summed E-state index contributed by atoms with van der Waals surface area (Å²) >= 11 is 0. The van der Waals surface area contributed by atoms with Gasteiger partial charge in [0.15, 0.2) is 5.65 Å². The smallest absolute Gasteiger partial charge is 0.274 e. The summed E-state index contributed by atoms with van der Waals surface area (Å²) in [5, 5.41) is 12.6. The van der Waals surface area contributed by atoms with E-state index in [9.17, 15) is 18.4 Å². The van der Waals surface area contributed by atoms with Crippen molar-refractivity contribution in [2.75, 3.05) is 30.9 Å². The molecule has 10 nitrogen and oxygen atoms in total. The zero-order valence-corrected chi connectivity index (χ0v) is 18.3. The molecule has 0 bridgehead atoms. The third-order valence-corrected chi connectivity index (χ3v) is 7.02. The number of amides is 1. The van der Waals surface area contributed by atoms with Crippen LogP contribution in [0.2, 0.25) is 0 Å². The summed E-state index contributed by atoms with van der Waals surface area (Å²) in [6.45, 7) is 1.34. The van der Waals surface area contributed by atoms with Crippen molar-refractivity contribution < 1.29 is 18.3 Å². The predicted molar refractivity (Wildman–Crippen MR) is 119 cm³/mol. The summed E-state index contributed by atoms with van der Waals surface area (Å²) in [6, 6.07) is 4.06. The van der Waals surface area contributed by atoms with Gasteiger partial charge < -0.3 is 25.3 Å². The molecule has 2 aliphatic carbocycles. The molecule has 178 valence electrons. The van der Waals surface area contributed by atoms with E-state index in [1.54, 1.807) is 36.0 Å². The Morgan fingerprint density at radius 2 is 2.09 bits per heavy atom. The van der Waals surface area contributed by atoms with Crippen LogP contribution >= 0.6 is 0 Å². The number of rotatable bonds is 6. The summed E-state index contributed by atoms with van der Waals surface area (Å²) in [5.74, 6) is -2.02. The number of pyridine rings is 1. The molecule has 3 aliphatic rings. The molecule has 0 radical (unpaired) electrons. The molecule has 0 aromatic carbocycles. The molecule has 1 amide bonds. The van der Waals surface area contributed by atoms with Crippen LogP contribution in [0.5, 0.6) is 0 Å². The minimum Gasteiger partial charge on any atom is -0.381 e. The standard InChI is InChI=1S/C22H23F2N7O3/c1-25-17-7-16(27-14-3-2-6-30(21(14)33)18-12-9-34-10-13(12)18)29-19-11(8-26-31(17)19)20(32)28-15-4-5-22(15,23)24/h2-3,6-8,12-13,15,18,25H,4-5,9-10H2,1H3,(H,27,29)(H,28,32)/t12-,13+,15-,18?/m0/s1. The predicted octanol–water partition coefficient (Wildman–Crippen LogP) is 2.02. The topological polar surface area (TPSA) is 115 Å². The Morgan fingerprint density at radius 1 is 1.29 bits per heavy atom. The normalized spacial score (nSPS) is 26.6. The first-order valence-corrected chi connectivity index (χ1v) is 11.2. The maximum atomic E-state index is 13.6. The Hall–Kier alpha value is -3.54. The minimum atomic E-state index is -2.91. The lowest BCUT2D eigenvalue weighted by atomic mass is 9.88. The van der Waals surface area contributed by atoms with Crippen LogP contribution in [-0.2, 0) is 4.74 Å². The third kappa shape index (κ3) is 3.23. The second kappa shape index (κ2) is 7.49. The summed E-state index contributed by atoms with van der Waals surface area (Å²) in [6.07, 6.45) is 3.05. The number of hydrogen-bond acceptors (Lipinski definition) is 7. The van der Waals surface area contributed by atoms with E-state index in [1.807, 2.05) is 0 Å². The molecule has 4 atom stereocenters. The number of carbonyl (C=O) groups is 1. The van der Waals surface area contributed by atoms with Crippen molar-refractivity contribution in [2.24, 2.45) is 11.8 Å². The lowest BCUT2D eigenvalue weighted by Crippen LogP contribution is -2.55. The van der Waals surface area contributed by atoms with E-state index in [0.717, 1.165) is 0 Å². The van der Waals surface area contributed by atoms with Crippen LogP contribution in [-0.4, -0.2) is 57.3 Å². The number of ether oxygens (including phenoxy) is 1. The van der Waals surface area contributed by atoms with E-state index in [4.69, 9.17) is 4.74 Å². The summed E-state index contributed by atoms with van der Waals surface area (Å²) in [4.78, 5) is 30.3. The van der Waals surface area contributed by atoms with Crippen LogP contribution < -0.4 is 21.5 Å². The maximum Gasteiger partial charge on any atom is 0.274 e. The molecule has 34 heavy (non-hydrogen) atoms. The molecule has 3 fully saturated rings. The second-order valence-electron chi connectivity index (χ2n) is 9.01. The fourth-order valence-corrected chi connectivity index (χ4v) is 4.89. The molecular weight excluding hydrogens is 448 g/mol. The number of anilines is 3. The monoisotopic (exact) mass is 471 g/mol. The van der Waals surface area contributed by atoms with Crippen molar-refractivity contribution in [3.63, 3.8) is 0 Å². The number of hydrogen-bond donors (Lipinski definition) is 3. The average Bonchev–Trinajstić information content (AvgIpc) is 3.15. The molecule has 6 rings (SSSR count). The number of nitrogens with zero attached hydrogens (tertiary/aromatic N) is 4. The largest absolute Gasteiger partial charge is 0.381 e. The summed E-state index contributed by atoms with van der Waals surface area (Å²) in [5.41, 5.74) is 0.416. The van der Waals surface area contributed by atoms with Crippen molar-refractivity contribution in [1.29, 1.82) is 0 Å². The van der Waals surface area contributed by atoms with Crippen LogP contribution in [0.1, 0.15) is 29.2 Å². The lowest BCUT2D eigenvalue weighted by Gasteiger charge is -2.36. The van der Waals surface area contributed by atoms with Crippen LogP contribution in [0.4, 0.5) is 26.1 Å². The van der Waals surface area contributed by atoms with E-state index >= 15 is 0 Å². The number of fused-ring (bicyclic) bond motifs is 2. The fourth-order valence-electron chi connectivity index (χ4n) is 4.89. The number of carbonyl (C=O) groups excluding carboxylic acids is 1. The fraction of sp³-hybridized carbons (Fsp3) is 0.455. The Kier molecular flexibility index (Phi) is 4.63. The molecule has 3 aromatic heterocycles. The average molecular weight is 471 g/mol. The van der Waals surface area contributed by atoms with Gasteiger partial charge in [0.2, 0.25) is 0 Å². The van der Waals surface area contributed by atoms with Crippen molar-refractivity contribution in [2.45, 2.75) is 30.8 Å². The highest BCUT2D eigenvalue weighted by Crippen LogP contribution is 2.53. The Bertz CT molecular complexity index is 1340. The Balaban J connectivity index is 1.31. The van der Waals surface area contributed by atoms with Crippen LogP contribution in [0.25, 0.3) is 5.65 Å². The van der Waals surface area contributed by atoms with Crippen molar-refractivity contribution >= 4 is 28.9 Å². The Morgan fingerprint density at radius 3 is 2.76 bits per heavy atom. The van der Waals surface area contributed by atoms with E-state index in [1.165, 1.54) is 10.7 Å². The highest BCUT2D eigenvalue weighted by molar-refractivity contribution is 6.00. The van der Waals surface area contributed by atoms with Gasteiger partial charge in [-0.3, -0.25) is 9.59 Å². The molecule has 3 N–H and O–H groups in total. The van der Waals surface area contributed by atoms with Crippen molar-refractivity contribution in [1.82, 2.24) is 24.5 Å². The summed E-state index contributed by atoms with van der Waals surface area (Å²) < 4.78 is 35.9. The number of alkyl halides is 2. The van der Waals surface area contributed by atoms with Gasteiger partial charge in [0.1, 0.15) is 22.9 Å². The molecule has 2 saturated carbocycles. The van der Waals surface area contributed by atoms with Gasteiger partial charge in [0, 0.05) is 43.6 Å². The van der Waals surface area contributed by atoms with Gasteiger partial charge >= 0.3 is 0 Å². The Labute approximate surface area is 192 Å². The number of halogens is 2. The first-order valence-electron chi connectivity index (χ1n) is 11.2. The first kappa shape index (κ1) is 21.0. The van der Waals surface area contributed by atoms with Crippen molar-refractivity contribution in [3.05, 3.63) is 46.5 Å². The molecular formula is C22H23F2N7O3. The molecule has 0 spiro atoms. The van der Waals surface area contributed by atoms with Gasteiger partial charge in [-0.1, -0.05) is 0 Å². The zero-order valence-electron chi connectivity index (χ0n) is 18.3. The molecule has 1 unspecified atom stereocenters. The van der Waals surface area contributed by atoms with Gasteiger partial charge in [0.25, 0.3) is 17.4 Å². The van der Waals surface area contributed by atoms with Crippen LogP contribution in [0.3, 0.4) is 0 Å². The molecule has 12 heteroatoms. The molecule has 3 aromatic rings. The van der Waals surface area contributed by atoms with Gasteiger partial charge in [-0.2, -0.15) is 9.61 Å². The quantitative estimate of drug-likeness (QED) is 0.504. The highest BCUT2D eigenvalue weighted by atomic mass is 19.3. The van der Waals surface area contributed by atoms with Crippen molar-refractivity contribution in [3.8, 4) is 0 Å². The molecule has 4 heterocycles. The third-order valence-electron chi connectivity index (χ3n) is 7.02. The van der Waals surface area contributed by atoms with Crippen LogP contribution in [0.15, 0.2) is 35.4 Å². The zero-order chi connectivity index (χ0) is 23.6. The first-order chi connectivity index (χ1) is 16.4. The SMILES string of the molecule is CNc1cc(Nc2cccn(C3[C@H]4COC[C@@H]34)c2=O)nc2c(C(=O)N[C@H]3CCC3(F)F)cnn12.